The summed E-state index contributed by atoms with van der Waals surface area (Å²) in [4.78, 5) is 0. The molecule has 3 rings (SSSR count). The van der Waals surface area contributed by atoms with Gasteiger partial charge >= 0.3 is 0 Å². The molecule has 0 fully saturated rings. The summed E-state index contributed by atoms with van der Waals surface area (Å²) in [7, 11) is 0. The number of rotatable bonds is 1. The van der Waals surface area contributed by atoms with E-state index in [2.05, 4.69) is 45.6 Å². The third kappa shape index (κ3) is 1.43. The third-order valence-electron chi connectivity index (χ3n) is 3.66. The highest BCUT2D eigenvalue weighted by atomic mass is 79.9. The van der Waals surface area contributed by atoms with Gasteiger partial charge in [-0.15, -0.1) is 0 Å². The number of nitrogens with zero attached hydrogens (tertiary/aromatic N) is 1. The van der Waals surface area contributed by atoms with Gasteiger partial charge in [-0.25, -0.2) is 0 Å². The van der Waals surface area contributed by atoms with Crippen LogP contribution < -0.4 is 0 Å². The lowest BCUT2D eigenvalue weighted by Gasteiger charge is -2.14. The van der Waals surface area contributed by atoms with E-state index in [1.54, 1.807) is 11.3 Å². The van der Waals surface area contributed by atoms with Gasteiger partial charge < -0.3 is 4.57 Å². The van der Waals surface area contributed by atoms with Crippen molar-refractivity contribution in [3.05, 3.63) is 33.9 Å². The molecule has 1 aromatic carbocycles. The molecular weight excluding hydrogens is 262 g/mol. The second kappa shape index (κ2) is 3.92. The average molecular weight is 278 g/mol. The molecule has 0 bridgehead atoms. The number of hydrogen-bond acceptors (Lipinski definition) is 0. The van der Waals surface area contributed by atoms with Crippen LogP contribution >= 0.6 is 15.9 Å². The summed E-state index contributed by atoms with van der Waals surface area (Å²) in [5, 5.41) is 1.46. The molecular formula is C14H16BrN. The Morgan fingerprint density at radius 2 is 2.06 bits per heavy atom. The first-order valence-electron chi connectivity index (χ1n) is 6.10. The van der Waals surface area contributed by atoms with Crippen molar-refractivity contribution < 1.29 is 0 Å². The molecule has 0 amide bonds. The monoisotopic (exact) mass is 277 g/mol. The molecule has 1 nitrogen and oxygen atoms in total. The maximum atomic E-state index is 3.58. The Morgan fingerprint density at radius 3 is 2.88 bits per heavy atom. The lowest BCUT2D eigenvalue weighted by atomic mass is 9.96. The summed E-state index contributed by atoms with van der Waals surface area (Å²) < 4.78 is 3.69. The summed E-state index contributed by atoms with van der Waals surface area (Å²) in [6.07, 6.45) is 5.22. The summed E-state index contributed by atoms with van der Waals surface area (Å²) in [5.41, 5.74) is 4.60. The second-order valence-electron chi connectivity index (χ2n) is 4.54. The van der Waals surface area contributed by atoms with E-state index in [4.69, 9.17) is 0 Å². The molecule has 2 aromatic rings. The molecule has 0 saturated heterocycles. The lowest BCUT2D eigenvalue weighted by Crippen LogP contribution is -2.06. The second-order valence-corrected chi connectivity index (χ2v) is 5.45. The van der Waals surface area contributed by atoms with Gasteiger partial charge in [0.25, 0.3) is 0 Å². The molecule has 1 aromatic heterocycles. The molecule has 0 atom stereocenters. The number of hydrogen-bond donors (Lipinski definition) is 0. The van der Waals surface area contributed by atoms with E-state index in [0.29, 0.717) is 0 Å². The average Bonchev–Trinajstić information content (AvgIpc) is 2.62. The molecule has 1 aliphatic carbocycles. The van der Waals surface area contributed by atoms with Crippen LogP contribution in [0, 0.1) is 0 Å². The minimum atomic E-state index is 1.09. The molecule has 2 heteroatoms. The Kier molecular flexibility index (Phi) is 2.55. The summed E-state index contributed by atoms with van der Waals surface area (Å²) in [6.45, 7) is 3.34. The zero-order valence-electron chi connectivity index (χ0n) is 9.59. The molecule has 0 saturated carbocycles. The molecule has 0 unspecified atom stereocenters. The molecule has 0 N–H and O–H groups in total. The zero-order chi connectivity index (χ0) is 11.1. The molecule has 0 aliphatic heterocycles. The first-order chi connectivity index (χ1) is 7.81. The fraction of sp³-hybridized carbons (Fsp3) is 0.429. The Labute approximate surface area is 105 Å². The normalized spacial score (nSPS) is 15.4. The maximum Gasteiger partial charge on any atom is 0.0486 e. The van der Waals surface area contributed by atoms with Crippen LogP contribution in [0.2, 0.25) is 0 Å². The van der Waals surface area contributed by atoms with Gasteiger partial charge in [-0.1, -0.05) is 15.9 Å². The van der Waals surface area contributed by atoms with Crippen molar-refractivity contribution in [2.45, 2.75) is 39.2 Å². The fourth-order valence-electron chi connectivity index (χ4n) is 2.97. The van der Waals surface area contributed by atoms with Crippen LogP contribution in [0.15, 0.2) is 22.7 Å². The summed E-state index contributed by atoms with van der Waals surface area (Å²) >= 11 is 3.58. The van der Waals surface area contributed by atoms with Crippen LogP contribution in [0.3, 0.4) is 0 Å². The smallest absolute Gasteiger partial charge is 0.0486 e. The van der Waals surface area contributed by atoms with Gasteiger partial charge in [0.05, 0.1) is 0 Å². The standard InChI is InChI=1S/C14H16BrN/c1-2-16-13-6-4-3-5-11(13)12-9-10(15)7-8-14(12)16/h7-9H,2-6H2,1H3. The minimum absolute atomic E-state index is 1.09. The number of aryl methyl sites for hydroxylation is 2. The lowest BCUT2D eigenvalue weighted by molar-refractivity contribution is 0.630. The van der Waals surface area contributed by atoms with E-state index in [1.807, 2.05) is 0 Å². The van der Waals surface area contributed by atoms with Gasteiger partial charge in [0, 0.05) is 27.6 Å². The van der Waals surface area contributed by atoms with Crippen LogP contribution in [0.4, 0.5) is 0 Å². The van der Waals surface area contributed by atoms with Crippen LogP contribution in [0.5, 0.6) is 0 Å². The fourth-order valence-corrected chi connectivity index (χ4v) is 3.33. The molecule has 0 spiro atoms. The highest BCUT2D eigenvalue weighted by Crippen LogP contribution is 2.33. The van der Waals surface area contributed by atoms with Crippen LogP contribution in [0.1, 0.15) is 31.0 Å². The Hall–Kier alpha value is -0.760. The Bertz CT molecular complexity index is 539. The van der Waals surface area contributed by atoms with E-state index in [1.165, 1.54) is 41.1 Å². The number of fused-ring (bicyclic) bond motifs is 3. The molecule has 16 heavy (non-hydrogen) atoms. The number of benzene rings is 1. The predicted molar refractivity (Wildman–Crippen MR) is 72.0 cm³/mol. The predicted octanol–water partition coefficient (Wildman–Crippen LogP) is 4.30. The van der Waals surface area contributed by atoms with Crippen LogP contribution in [-0.4, -0.2) is 4.57 Å². The van der Waals surface area contributed by atoms with Crippen molar-refractivity contribution in [3.63, 3.8) is 0 Å². The maximum absolute atomic E-state index is 3.58. The van der Waals surface area contributed by atoms with Gasteiger partial charge in [0.1, 0.15) is 0 Å². The Balaban J connectivity index is 2.37. The number of aromatic nitrogens is 1. The number of halogens is 1. The third-order valence-corrected chi connectivity index (χ3v) is 4.15. The Morgan fingerprint density at radius 1 is 1.25 bits per heavy atom. The van der Waals surface area contributed by atoms with Crippen molar-refractivity contribution in [1.82, 2.24) is 4.57 Å². The van der Waals surface area contributed by atoms with Crippen LogP contribution in [0.25, 0.3) is 10.9 Å². The van der Waals surface area contributed by atoms with Crippen molar-refractivity contribution in [3.8, 4) is 0 Å². The van der Waals surface area contributed by atoms with Gasteiger partial charge in [-0.2, -0.15) is 0 Å². The van der Waals surface area contributed by atoms with E-state index < -0.39 is 0 Å². The largest absolute Gasteiger partial charge is 0.345 e. The van der Waals surface area contributed by atoms with Crippen molar-refractivity contribution in [1.29, 1.82) is 0 Å². The van der Waals surface area contributed by atoms with E-state index in [9.17, 15) is 0 Å². The van der Waals surface area contributed by atoms with Crippen molar-refractivity contribution in [2.75, 3.05) is 0 Å². The minimum Gasteiger partial charge on any atom is -0.345 e. The molecule has 84 valence electrons. The highest BCUT2D eigenvalue weighted by Gasteiger charge is 2.18. The first kappa shape index (κ1) is 10.4. The summed E-state index contributed by atoms with van der Waals surface area (Å²) in [5.74, 6) is 0. The first-order valence-corrected chi connectivity index (χ1v) is 6.90. The van der Waals surface area contributed by atoms with Gasteiger partial charge in [0.15, 0.2) is 0 Å². The van der Waals surface area contributed by atoms with Gasteiger partial charge in [-0.05, 0) is 56.4 Å². The zero-order valence-corrected chi connectivity index (χ0v) is 11.2. The van der Waals surface area contributed by atoms with Crippen molar-refractivity contribution in [2.24, 2.45) is 0 Å². The SMILES string of the molecule is CCn1c2c(c3cc(Br)ccc31)CCCC2. The van der Waals surface area contributed by atoms with E-state index in [0.717, 1.165) is 6.54 Å². The van der Waals surface area contributed by atoms with Gasteiger partial charge in [0.2, 0.25) is 0 Å². The highest BCUT2D eigenvalue weighted by molar-refractivity contribution is 9.10. The van der Waals surface area contributed by atoms with Crippen molar-refractivity contribution >= 4 is 26.8 Å². The summed E-state index contributed by atoms with van der Waals surface area (Å²) in [6, 6.07) is 6.69. The molecule has 1 heterocycles. The van der Waals surface area contributed by atoms with E-state index in [-0.39, 0.29) is 0 Å². The van der Waals surface area contributed by atoms with Crippen LogP contribution in [-0.2, 0) is 19.4 Å². The van der Waals surface area contributed by atoms with E-state index >= 15 is 0 Å². The quantitative estimate of drug-likeness (QED) is 0.732. The topological polar surface area (TPSA) is 4.93 Å². The van der Waals surface area contributed by atoms with Gasteiger partial charge in [-0.3, -0.25) is 0 Å². The molecule has 1 aliphatic rings. The molecule has 0 radical (unpaired) electrons.